The Morgan fingerprint density at radius 1 is 1.56 bits per heavy atom. The van der Waals surface area contributed by atoms with E-state index in [-0.39, 0.29) is 5.56 Å². The monoisotopic (exact) mass is 283 g/mol. The molecule has 0 aromatic carbocycles. The normalized spacial score (nSPS) is 10.3. The molecule has 0 fully saturated rings. The molecule has 16 heavy (non-hydrogen) atoms. The number of H-pyrrole nitrogens is 1. The summed E-state index contributed by atoms with van der Waals surface area (Å²) in [5.41, 5.74) is 0.441. The molecule has 0 amide bonds. The lowest BCUT2D eigenvalue weighted by atomic mass is 10.4. The Bertz CT molecular complexity index is 507. The minimum Gasteiger partial charge on any atom is -0.381 e. The Labute approximate surface area is 99.8 Å². The van der Waals surface area contributed by atoms with Crippen LogP contribution in [0.4, 0.5) is 5.69 Å². The number of aromatic nitrogens is 4. The molecule has 7 heteroatoms. The van der Waals surface area contributed by atoms with Crippen LogP contribution in [0.1, 0.15) is 0 Å². The Morgan fingerprint density at radius 3 is 3.19 bits per heavy atom. The summed E-state index contributed by atoms with van der Waals surface area (Å²) < 4.78 is 2.41. The van der Waals surface area contributed by atoms with Crippen LogP contribution in [0.15, 0.2) is 34.2 Å². The van der Waals surface area contributed by atoms with Gasteiger partial charge < -0.3 is 9.88 Å². The lowest BCUT2D eigenvalue weighted by Gasteiger charge is -2.07. The molecule has 2 rings (SSSR count). The van der Waals surface area contributed by atoms with Crippen molar-refractivity contribution < 1.29 is 0 Å². The molecule has 2 heterocycles. The number of aromatic amines is 1. The van der Waals surface area contributed by atoms with Crippen LogP contribution in [0.25, 0.3) is 0 Å². The van der Waals surface area contributed by atoms with Crippen LogP contribution >= 0.6 is 15.9 Å². The fourth-order valence-corrected chi connectivity index (χ4v) is 1.58. The molecular weight excluding hydrogens is 274 g/mol. The topological polar surface area (TPSA) is 75.6 Å². The van der Waals surface area contributed by atoms with Gasteiger partial charge in [-0.25, -0.2) is 10.1 Å². The van der Waals surface area contributed by atoms with E-state index in [1.165, 1.54) is 0 Å². The molecule has 84 valence electrons. The van der Waals surface area contributed by atoms with Crippen molar-refractivity contribution in [1.29, 1.82) is 0 Å². The zero-order valence-corrected chi connectivity index (χ0v) is 9.94. The smallest absolute Gasteiger partial charge is 0.280 e. The summed E-state index contributed by atoms with van der Waals surface area (Å²) in [5.74, 6) is 0. The Balaban J connectivity index is 1.95. The predicted molar refractivity (Wildman–Crippen MR) is 63.3 cm³/mol. The van der Waals surface area contributed by atoms with Gasteiger partial charge in [0.2, 0.25) is 0 Å². The molecule has 0 aliphatic heterocycles. The average Bonchev–Trinajstić information content (AvgIpc) is 2.77. The van der Waals surface area contributed by atoms with Crippen LogP contribution in [-0.4, -0.2) is 26.3 Å². The van der Waals surface area contributed by atoms with Crippen molar-refractivity contribution in [3.05, 3.63) is 39.7 Å². The van der Waals surface area contributed by atoms with E-state index in [2.05, 4.69) is 36.4 Å². The third-order valence-corrected chi connectivity index (χ3v) is 2.83. The van der Waals surface area contributed by atoms with Crippen molar-refractivity contribution in [2.45, 2.75) is 6.54 Å². The van der Waals surface area contributed by atoms with E-state index in [1.54, 1.807) is 18.7 Å². The van der Waals surface area contributed by atoms with E-state index < -0.39 is 0 Å². The standard InChI is InChI=1S/C9H10BrN5O/c10-8-7(5-13-14-9(8)16)12-2-4-15-3-1-11-6-15/h1,3,5-6H,2,4H2,(H2,12,14,16). The zero-order chi connectivity index (χ0) is 11.4. The third-order valence-electron chi connectivity index (χ3n) is 2.04. The lowest BCUT2D eigenvalue weighted by molar-refractivity contribution is 0.726. The number of imidazole rings is 1. The van der Waals surface area contributed by atoms with Gasteiger partial charge in [0, 0.05) is 25.5 Å². The Kier molecular flexibility index (Phi) is 3.35. The fourth-order valence-electron chi connectivity index (χ4n) is 1.25. The first-order valence-electron chi connectivity index (χ1n) is 4.70. The van der Waals surface area contributed by atoms with Crippen molar-refractivity contribution in [2.24, 2.45) is 0 Å². The summed E-state index contributed by atoms with van der Waals surface area (Å²) in [4.78, 5) is 15.1. The summed E-state index contributed by atoms with van der Waals surface area (Å²) in [7, 11) is 0. The van der Waals surface area contributed by atoms with E-state index in [9.17, 15) is 4.79 Å². The summed E-state index contributed by atoms with van der Waals surface area (Å²) in [6, 6.07) is 0. The number of hydrogen-bond acceptors (Lipinski definition) is 4. The zero-order valence-electron chi connectivity index (χ0n) is 8.35. The molecule has 2 aromatic heterocycles. The Morgan fingerprint density at radius 2 is 2.44 bits per heavy atom. The van der Waals surface area contributed by atoms with Crippen LogP contribution in [0.2, 0.25) is 0 Å². The number of nitrogens with one attached hydrogen (secondary N) is 2. The van der Waals surface area contributed by atoms with Crippen molar-refractivity contribution in [1.82, 2.24) is 19.7 Å². The van der Waals surface area contributed by atoms with Crippen molar-refractivity contribution in [3.8, 4) is 0 Å². The van der Waals surface area contributed by atoms with Crippen molar-refractivity contribution >= 4 is 21.6 Å². The van der Waals surface area contributed by atoms with Gasteiger partial charge in [-0.05, 0) is 15.9 Å². The number of halogens is 1. The van der Waals surface area contributed by atoms with Crippen LogP contribution < -0.4 is 10.9 Å². The highest BCUT2D eigenvalue weighted by Crippen LogP contribution is 2.14. The molecule has 2 N–H and O–H groups in total. The van der Waals surface area contributed by atoms with Gasteiger partial charge in [0.05, 0.1) is 18.2 Å². The molecular formula is C9H10BrN5O. The van der Waals surface area contributed by atoms with E-state index in [1.807, 2.05) is 10.8 Å². The van der Waals surface area contributed by atoms with E-state index in [4.69, 9.17) is 0 Å². The molecule has 6 nitrogen and oxygen atoms in total. The first-order valence-corrected chi connectivity index (χ1v) is 5.49. The maximum Gasteiger partial charge on any atom is 0.280 e. The van der Waals surface area contributed by atoms with Crippen molar-refractivity contribution in [3.63, 3.8) is 0 Å². The van der Waals surface area contributed by atoms with Gasteiger partial charge in [0.15, 0.2) is 0 Å². The summed E-state index contributed by atoms with van der Waals surface area (Å²) in [6.07, 6.45) is 6.92. The highest BCUT2D eigenvalue weighted by atomic mass is 79.9. The molecule has 0 aliphatic rings. The molecule has 0 saturated heterocycles. The second-order valence-corrected chi connectivity index (χ2v) is 3.95. The summed E-state index contributed by atoms with van der Waals surface area (Å²) in [6.45, 7) is 1.47. The van der Waals surface area contributed by atoms with Gasteiger partial charge in [-0.15, -0.1) is 0 Å². The summed E-state index contributed by atoms with van der Waals surface area (Å²) in [5, 5.41) is 9.16. The van der Waals surface area contributed by atoms with Gasteiger partial charge in [0.1, 0.15) is 4.47 Å². The molecule has 0 bridgehead atoms. The largest absolute Gasteiger partial charge is 0.381 e. The molecule has 0 unspecified atom stereocenters. The lowest BCUT2D eigenvalue weighted by Crippen LogP contribution is -2.15. The number of nitrogens with zero attached hydrogens (tertiary/aromatic N) is 3. The minimum atomic E-state index is -0.243. The Hall–Kier alpha value is -1.63. The first kappa shape index (κ1) is 10.9. The molecule has 0 spiro atoms. The van der Waals surface area contributed by atoms with Gasteiger partial charge in [0.25, 0.3) is 5.56 Å². The third kappa shape index (κ3) is 2.48. The maximum absolute atomic E-state index is 11.2. The van der Waals surface area contributed by atoms with Crippen LogP contribution in [0, 0.1) is 0 Å². The highest BCUT2D eigenvalue weighted by Gasteiger charge is 2.02. The predicted octanol–water partition coefficient (Wildman–Crippen LogP) is 0.841. The summed E-state index contributed by atoms with van der Waals surface area (Å²) >= 11 is 3.19. The van der Waals surface area contributed by atoms with Gasteiger partial charge >= 0.3 is 0 Å². The average molecular weight is 284 g/mol. The maximum atomic E-state index is 11.2. The number of anilines is 1. The fraction of sp³-hybridized carbons (Fsp3) is 0.222. The van der Waals surface area contributed by atoms with Gasteiger partial charge in [-0.2, -0.15) is 5.10 Å². The highest BCUT2D eigenvalue weighted by molar-refractivity contribution is 9.10. The number of rotatable bonds is 4. The first-order chi connectivity index (χ1) is 7.77. The molecule has 0 aliphatic carbocycles. The second-order valence-electron chi connectivity index (χ2n) is 3.15. The number of hydrogen-bond donors (Lipinski definition) is 2. The van der Waals surface area contributed by atoms with Gasteiger partial charge in [-0.1, -0.05) is 0 Å². The quantitative estimate of drug-likeness (QED) is 0.872. The SMILES string of the molecule is O=c1[nH]ncc(NCCn2ccnc2)c1Br. The second kappa shape index (κ2) is 4.93. The van der Waals surface area contributed by atoms with E-state index in [0.29, 0.717) is 16.7 Å². The van der Waals surface area contributed by atoms with Crippen molar-refractivity contribution in [2.75, 3.05) is 11.9 Å². The van der Waals surface area contributed by atoms with Gasteiger partial charge in [-0.3, -0.25) is 4.79 Å². The molecule has 0 saturated carbocycles. The minimum absolute atomic E-state index is 0.243. The van der Waals surface area contributed by atoms with E-state index in [0.717, 1.165) is 6.54 Å². The van der Waals surface area contributed by atoms with Crippen LogP contribution in [0.5, 0.6) is 0 Å². The molecule has 2 aromatic rings. The molecule has 0 atom stereocenters. The van der Waals surface area contributed by atoms with E-state index >= 15 is 0 Å². The van der Waals surface area contributed by atoms with Crippen LogP contribution in [0.3, 0.4) is 0 Å². The van der Waals surface area contributed by atoms with Crippen LogP contribution in [-0.2, 0) is 6.54 Å². The molecule has 0 radical (unpaired) electrons.